The highest BCUT2D eigenvalue weighted by molar-refractivity contribution is 7.89. The van der Waals surface area contributed by atoms with Crippen molar-refractivity contribution in [3.8, 4) is 0 Å². The average molecular weight is 399 g/mol. The van der Waals surface area contributed by atoms with E-state index in [1.54, 1.807) is 13.1 Å². The molecule has 0 aliphatic carbocycles. The molecule has 1 fully saturated rings. The molecule has 2 aromatic rings. The Bertz CT molecular complexity index is 949. The minimum Gasteiger partial charge on any atom is -0.274 e. The van der Waals surface area contributed by atoms with Gasteiger partial charge in [-0.3, -0.25) is 9.67 Å². The van der Waals surface area contributed by atoms with Crippen molar-refractivity contribution in [2.45, 2.75) is 22.6 Å². The van der Waals surface area contributed by atoms with Crippen LogP contribution in [0.2, 0.25) is 0 Å². The van der Waals surface area contributed by atoms with Crippen molar-refractivity contribution in [1.82, 2.24) is 23.8 Å². The molecule has 1 saturated heterocycles. The van der Waals surface area contributed by atoms with Crippen molar-refractivity contribution in [3.63, 3.8) is 0 Å². The molecule has 9 nitrogen and oxygen atoms in total. The molecule has 1 aliphatic rings. The van der Waals surface area contributed by atoms with Crippen LogP contribution in [-0.2, 0) is 27.1 Å². The van der Waals surface area contributed by atoms with E-state index in [0.29, 0.717) is 25.9 Å². The number of aryl methyl sites for hydroxylation is 1. The van der Waals surface area contributed by atoms with Crippen molar-refractivity contribution in [3.05, 3.63) is 36.9 Å². The lowest BCUT2D eigenvalue weighted by molar-refractivity contribution is 0.274. The number of aromatic nitrogens is 3. The monoisotopic (exact) mass is 399 g/mol. The highest BCUT2D eigenvalue weighted by Crippen LogP contribution is 2.23. The first-order chi connectivity index (χ1) is 12.3. The number of nitrogens with zero attached hydrogens (tertiary/aromatic N) is 4. The van der Waals surface area contributed by atoms with E-state index in [1.165, 1.54) is 39.8 Å². The molecule has 142 valence electrons. The number of nitrogens with one attached hydrogen (secondary N) is 1. The summed E-state index contributed by atoms with van der Waals surface area (Å²) >= 11 is 0. The highest BCUT2D eigenvalue weighted by atomic mass is 32.2. The smallest absolute Gasteiger partial charge is 0.244 e. The Morgan fingerprint density at radius 3 is 2.46 bits per heavy atom. The zero-order chi connectivity index (χ0) is 18.8. The number of hydrogen-bond acceptors (Lipinski definition) is 6. The Labute approximate surface area is 153 Å². The Morgan fingerprint density at radius 2 is 1.88 bits per heavy atom. The van der Waals surface area contributed by atoms with E-state index in [4.69, 9.17) is 0 Å². The van der Waals surface area contributed by atoms with Gasteiger partial charge in [0.15, 0.2) is 0 Å². The molecule has 0 saturated carbocycles. The highest BCUT2D eigenvalue weighted by Gasteiger charge is 2.30. The molecular formula is C15H21N5O4S2. The average Bonchev–Trinajstić information content (AvgIpc) is 3.09. The van der Waals surface area contributed by atoms with Crippen LogP contribution in [0.4, 0.5) is 0 Å². The molecule has 0 amide bonds. The van der Waals surface area contributed by atoms with E-state index in [-0.39, 0.29) is 22.3 Å². The van der Waals surface area contributed by atoms with E-state index < -0.39 is 20.0 Å². The minimum atomic E-state index is -3.60. The predicted octanol–water partition coefficient (Wildman–Crippen LogP) is 0.194. The largest absolute Gasteiger partial charge is 0.274 e. The maximum absolute atomic E-state index is 12.6. The van der Waals surface area contributed by atoms with Gasteiger partial charge in [-0.2, -0.15) is 9.40 Å². The third kappa shape index (κ3) is 4.11. The summed E-state index contributed by atoms with van der Waals surface area (Å²) in [6.45, 7) is 0.991. The standard InChI is InChI=1S/C15H21N5O4S2/c1-19-12-15(11-17-19)25(21,22)18-9-13-4-7-20(8-5-13)26(23,24)14-3-2-6-16-10-14/h2-3,6,10-13,18H,4-5,7-9H2,1H3. The summed E-state index contributed by atoms with van der Waals surface area (Å²) in [4.78, 5) is 4.16. The normalized spacial score (nSPS) is 17.4. The second-order valence-electron chi connectivity index (χ2n) is 6.24. The summed E-state index contributed by atoms with van der Waals surface area (Å²) in [5.41, 5.74) is 0. The zero-order valence-corrected chi connectivity index (χ0v) is 15.9. The predicted molar refractivity (Wildman–Crippen MR) is 94.1 cm³/mol. The summed E-state index contributed by atoms with van der Waals surface area (Å²) in [5.74, 6) is 0.0850. The van der Waals surface area contributed by atoms with Crippen LogP contribution in [0.3, 0.4) is 0 Å². The lowest BCUT2D eigenvalue weighted by atomic mass is 9.99. The molecule has 0 aromatic carbocycles. The van der Waals surface area contributed by atoms with Gasteiger partial charge in [-0.25, -0.2) is 21.6 Å². The molecular weight excluding hydrogens is 378 g/mol. The molecule has 2 aromatic heterocycles. The van der Waals surface area contributed by atoms with Gasteiger partial charge in [-0.1, -0.05) is 0 Å². The zero-order valence-electron chi connectivity index (χ0n) is 14.3. The summed E-state index contributed by atoms with van der Waals surface area (Å²) in [6.07, 6.45) is 6.78. The maximum Gasteiger partial charge on any atom is 0.244 e. The number of sulfonamides is 2. The lowest BCUT2D eigenvalue weighted by Crippen LogP contribution is -2.41. The first-order valence-corrected chi connectivity index (χ1v) is 11.1. The molecule has 0 unspecified atom stereocenters. The van der Waals surface area contributed by atoms with Gasteiger partial charge in [0.1, 0.15) is 9.79 Å². The van der Waals surface area contributed by atoms with E-state index in [2.05, 4.69) is 14.8 Å². The molecule has 0 bridgehead atoms. The van der Waals surface area contributed by atoms with Gasteiger partial charge in [-0.15, -0.1) is 0 Å². The van der Waals surface area contributed by atoms with Crippen LogP contribution in [0.25, 0.3) is 0 Å². The van der Waals surface area contributed by atoms with Crippen LogP contribution in [-0.4, -0.2) is 55.5 Å². The summed E-state index contributed by atoms with van der Waals surface area (Å²) in [6, 6.07) is 3.11. The van der Waals surface area contributed by atoms with Gasteiger partial charge < -0.3 is 0 Å². The van der Waals surface area contributed by atoms with Gasteiger partial charge in [0.2, 0.25) is 20.0 Å². The van der Waals surface area contributed by atoms with E-state index in [0.717, 1.165) is 0 Å². The van der Waals surface area contributed by atoms with Crippen molar-refractivity contribution in [1.29, 1.82) is 0 Å². The first-order valence-electron chi connectivity index (χ1n) is 8.17. The third-order valence-corrected chi connectivity index (χ3v) is 7.66. The molecule has 3 rings (SSSR count). The summed E-state index contributed by atoms with van der Waals surface area (Å²) < 4.78 is 55.0. The van der Waals surface area contributed by atoms with E-state index in [1.807, 2.05) is 0 Å². The molecule has 0 radical (unpaired) electrons. The van der Waals surface area contributed by atoms with Crippen LogP contribution in [0.5, 0.6) is 0 Å². The Morgan fingerprint density at radius 1 is 1.15 bits per heavy atom. The van der Waals surface area contributed by atoms with Crippen molar-refractivity contribution >= 4 is 20.0 Å². The van der Waals surface area contributed by atoms with Gasteiger partial charge in [0.05, 0.1) is 6.20 Å². The Kier molecular flexibility index (Phi) is 5.42. The van der Waals surface area contributed by atoms with Crippen LogP contribution in [0.1, 0.15) is 12.8 Å². The fourth-order valence-electron chi connectivity index (χ4n) is 2.85. The van der Waals surface area contributed by atoms with Crippen molar-refractivity contribution in [2.75, 3.05) is 19.6 Å². The van der Waals surface area contributed by atoms with Crippen molar-refractivity contribution in [2.24, 2.45) is 13.0 Å². The first kappa shape index (κ1) is 19.0. The van der Waals surface area contributed by atoms with Crippen LogP contribution in [0, 0.1) is 5.92 Å². The molecule has 11 heteroatoms. The second kappa shape index (κ2) is 7.43. The fraction of sp³-hybridized carbons (Fsp3) is 0.467. The van der Waals surface area contributed by atoms with Gasteiger partial charge in [0, 0.05) is 45.3 Å². The summed E-state index contributed by atoms with van der Waals surface area (Å²) in [7, 11) is -5.49. The molecule has 0 spiro atoms. The number of rotatable bonds is 6. The Hall–Kier alpha value is -1.82. The number of hydrogen-bond donors (Lipinski definition) is 1. The quantitative estimate of drug-likeness (QED) is 0.742. The van der Waals surface area contributed by atoms with Crippen molar-refractivity contribution < 1.29 is 16.8 Å². The van der Waals surface area contributed by atoms with E-state index in [9.17, 15) is 16.8 Å². The molecule has 26 heavy (non-hydrogen) atoms. The van der Waals surface area contributed by atoms with Gasteiger partial charge in [-0.05, 0) is 30.9 Å². The summed E-state index contributed by atoms with van der Waals surface area (Å²) in [5, 5.41) is 3.86. The molecule has 3 heterocycles. The molecule has 1 N–H and O–H groups in total. The second-order valence-corrected chi connectivity index (χ2v) is 9.94. The topological polar surface area (TPSA) is 114 Å². The number of piperidine rings is 1. The minimum absolute atomic E-state index is 0.0850. The maximum atomic E-state index is 12.6. The van der Waals surface area contributed by atoms with Crippen LogP contribution < -0.4 is 4.72 Å². The fourth-order valence-corrected chi connectivity index (χ4v) is 5.38. The van der Waals surface area contributed by atoms with Gasteiger partial charge >= 0.3 is 0 Å². The Balaban J connectivity index is 1.56. The van der Waals surface area contributed by atoms with Crippen LogP contribution in [0.15, 0.2) is 46.7 Å². The van der Waals surface area contributed by atoms with E-state index >= 15 is 0 Å². The SMILES string of the molecule is Cn1cc(S(=O)(=O)NCC2CCN(S(=O)(=O)c3cccnc3)CC2)cn1. The van der Waals surface area contributed by atoms with Crippen LogP contribution >= 0.6 is 0 Å². The third-order valence-electron chi connectivity index (χ3n) is 4.40. The van der Waals surface area contributed by atoms with Gasteiger partial charge in [0.25, 0.3) is 0 Å². The lowest BCUT2D eigenvalue weighted by Gasteiger charge is -2.31. The molecule has 0 atom stereocenters. The molecule has 1 aliphatic heterocycles. The number of pyridine rings is 1.